The Hall–Kier alpha value is -1.55. The zero-order valence-corrected chi connectivity index (χ0v) is 10.6. The molecule has 18 heavy (non-hydrogen) atoms. The highest BCUT2D eigenvalue weighted by atomic mass is 35.5. The highest BCUT2D eigenvalue weighted by molar-refractivity contribution is 6.30. The van der Waals surface area contributed by atoms with E-state index in [1.54, 1.807) is 12.1 Å². The second-order valence-corrected chi connectivity index (χ2v) is 4.59. The summed E-state index contributed by atoms with van der Waals surface area (Å²) in [6.45, 7) is 2.23. The fourth-order valence-corrected chi connectivity index (χ4v) is 1.85. The van der Waals surface area contributed by atoms with Gasteiger partial charge >= 0.3 is 11.9 Å². The molecule has 1 fully saturated rings. The number of aryl methyl sites for hydroxylation is 1. The Bertz CT molecular complexity index is 455. The van der Waals surface area contributed by atoms with Crippen LogP contribution in [0.1, 0.15) is 22.9 Å². The predicted octanol–water partition coefficient (Wildman–Crippen LogP) is 2.13. The van der Waals surface area contributed by atoms with Gasteiger partial charge in [0.1, 0.15) is 0 Å². The third kappa shape index (κ3) is 2.82. The summed E-state index contributed by atoms with van der Waals surface area (Å²) in [6, 6.07) is 7.26. The first-order valence-electron chi connectivity index (χ1n) is 5.65. The van der Waals surface area contributed by atoms with Gasteiger partial charge in [0.15, 0.2) is 5.38 Å². The highest BCUT2D eigenvalue weighted by Gasteiger charge is 2.32. The number of esters is 2. The molecular formula is C13H13ClO4. The number of ether oxygens (including phenoxy) is 2. The molecular weight excluding hydrogens is 256 g/mol. The summed E-state index contributed by atoms with van der Waals surface area (Å²) in [6.07, 6.45) is -0.425. The van der Waals surface area contributed by atoms with Crippen LogP contribution in [0.5, 0.6) is 0 Å². The standard InChI is InChI=1S/C13H13ClO4/c1-8-2-4-9(5-3-8)11(14)13(16)18-10-6-7-17-12(10)15/h2-5,10-11H,6-7H2,1H3/t10-,11?/m0/s1. The Morgan fingerprint density at radius 1 is 1.44 bits per heavy atom. The molecule has 0 saturated carbocycles. The van der Waals surface area contributed by atoms with E-state index in [-0.39, 0.29) is 6.61 Å². The maximum absolute atomic E-state index is 11.8. The van der Waals surface area contributed by atoms with Crippen LogP contribution < -0.4 is 0 Å². The average Bonchev–Trinajstić information content (AvgIpc) is 2.75. The molecule has 2 rings (SSSR count). The third-order valence-corrected chi connectivity index (χ3v) is 3.15. The van der Waals surface area contributed by atoms with Gasteiger partial charge in [0, 0.05) is 6.42 Å². The molecule has 0 aromatic heterocycles. The molecule has 5 heteroatoms. The fraction of sp³-hybridized carbons (Fsp3) is 0.385. The van der Waals surface area contributed by atoms with Gasteiger partial charge in [-0.15, -0.1) is 11.6 Å². The van der Waals surface area contributed by atoms with Crippen molar-refractivity contribution in [1.29, 1.82) is 0 Å². The maximum Gasteiger partial charge on any atom is 0.347 e. The number of alkyl halides is 1. The number of benzene rings is 1. The molecule has 1 saturated heterocycles. The molecule has 1 aromatic carbocycles. The summed E-state index contributed by atoms with van der Waals surface area (Å²) in [7, 11) is 0. The van der Waals surface area contributed by atoms with E-state index in [1.807, 2.05) is 19.1 Å². The maximum atomic E-state index is 11.8. The van der Waals surface area contributed by atoms with Crippen LogP contribution in [0.2, 0.25) is 0 Å². The lowest BCUT2D eigenvalue weighted by molar-refractivity contribution is -0.160. The van der Waals surface area contributed by atoms with Gasteiger partial charge in [-0.1, -0.05) is 29.8 Å². The summed E-state index contributed by atoms with van der Waals surface area (Å²) in [4.78, 5) is 22.9. The lowest BCUT2D eigenvalue weighted by atomic mass is 10.1. The summed E-state index contributed by atoms with van der Waals surface area (Å²) < 4.78 is 9.73. The first-order chi connectivity index (χ1) is 8.58. The molecule has 1 aliphatic rings. The monoisotopic (exact) mass is 268 g/mol. The minimum absolute atomic E-state index is 0.286. The summed E-state index contributed by atoms with van der Waals surface area (Å²) in [5.74, 6) is -1.12. The van der Waals surface area contributed by atoms with Crippen molar-refractivity contribution < 1.29 is 19.1 Å². The Labute approximate surface area is 110 Å². The zero-order valence-electron chi connectivity index (χ0n) is 9.89. The predicted molar refractivity (Wildman–Crippen MR) is 65.2 cm³/mol. The van der Waals surface area contributed by atoms with Crippen LogP contribution in [-0.2, 0) is 19.1 Å². The first-order valence-corrected chi connectivity index (χ1v) is 6.09. The molecule has 96 valence electrons. The second-order valence-electron chi connectivity index (χ2n) is 4.15. The number of carbonyl (C=O) groups excluding carboxylic acids is 2. The number of halogens is 1. The van der Waals surface area contributed by atoms with E-state index in [9.17, 15) is 9.59 Å². The van der Waals surface area contributed by atoms with Crippen molar-refractivity contribution in [2.45, 2.75) is 24.8 Å². The molecule has 0 spiro atoms. The van der Waals surface area contributed by atoms with Crippen LogP contribution in [0.15, 0.2) is 24.3 Å². The Balaban J connectivity index is 2.00. The number of rotatable bonds is 3. The van der Waals surface area contributed by atoms with Gasteiger partial charge in [0.2, 0.25) is 6.10 Å². The number of carbonyl (C=O) groups is 2. The van der Waals surface area contributed by atoms with E-state index in [1.165, 1.54) is 0 Å². The minimum atomic E-state index is -0.904. The molecule has 1 aromatic rings. The molecule has 1 heterocycles. The van der Waals surface area contributed by atoms with Crippen molar-refractivity contribution in [2.24, 2.45) is 0 Å². The fourth-order valence-electron chi connectivity index (χ4n) is 1.66. The molecule has 0 aliphatic carbocycles. The van der Waals surface area contributed by atoms with Gasteiger partial charge < -0.3 is 9.47 Å². The van der Waals surface area contributed by atoms with Gasteiger partial charge in [-0.2, -0.15) is 0 Å². The van der Waals surface area contributed by atoms with E-state index in [4.69, 9.17) is 21.1 Å². The highest BCUT2D eigenvalue weighted by Crippen LogP contribution is 2.24. The van der Waals surface area contributed by atoms with Crippen LogP contribution in [0, 0.1) is 6.92 Å². The van der Waals surface area contributed by atoms with E-state index >= 15 is 0 Å². The Morgan fingerprint density at radius 3 is 2.67 bits per heavy atom. The van der Waals surface area contributed by atoms with Crippen LogP contribution in [-0.4, -0.2) is 24.6 Å². The molecule has 0 amide bonds. The number of cyclic esters (lactones) is 1. The summed E-state index contributed by atoms with van der Waals surface area (Å²) >= 11 is 6.01. The Morgan fingerprint density at radius 2 is 2.11 bits per heavy atom. The normalized spacial score (nSPS) is 20.3. The lowest BCUT2D eigenvalue weighted by Gasteiger charge is -2.12. The Kier molecular flexibility index (Phi) is 3.87. The molecule has 4 nitrogen and oxygen atoms in total. The van der Waals surface area contributed by atoms with Crippen molar-refractivity contribution in [1.82, 2.24) is 0 Å². The van der Waals surface area contributed by atoms with Crippen molar-refractivity contribution in [2.75, 3.05) is 6.61 Å². The van der Waals surface area contributed by atoms with Crippen molar-refractivity contribution >= 4 is 23.5 Å². The molecule has 2 atom stereocenters. The van der Waals surface area contributed by atoms with Gasteiger partial charge in [-0.05, 0) is 12.5 Å². The largest absolute Gasteiger partial charge is 0.463 e. The SMILES string of the molecule is Cc1ccc(C(Cl)C(=O)O[C@H]2CCOC2=O)cc1. The molecule has 0 radical (unpaired) electrons. The summed E-state index contributed by atoms with van der Waals surface area (Å²) in [5, 5.41) is -0.904. The van der Waals surface area contributed by atoms with Gasteiger partial charge in [0.05, 0.1) is 6.61 Å². The molecule has 1 aliphatic heterocycles. The van der Waals surface area contributed by atoms with Gasteiger partial charge in [-0.3, -0.25) is 4.79 Å². The smallest absolute Gasteiger partial charge is 0.347 e. The van der Waals surface area contributed by atoms with Gasteiger partial charge in [0.25, 0.3) is 0 Å². The first kappa shape index (κ1) is 12.9. The zero-order chi connectivity index (χ0) is 13.1. The van der Waals surface area contributed by atoms with Crippen molar-refractivity contribution in [3.05, 3.63) is 35.4 Å². The van der Waals surface area contributed by atoms with E-state index in [0.717, 1.165) is 5.56 Å². The molecule has 0 N–H and O–H groups in total. The van der Waals surface area contributed by atoms with Crippen LogP contribution >= 0.6 is 11.6 Å². The number of hydrogen-bond donors (Lipinski definition) is 0. The average molecular weight is 269 g/mol. The van der Waals surface area contributed by atoms with Crippen LogP contribution in [0.3, 0.4) is 0 Å². The quantitative estimate of drug-likeness (QED) is 0.622. The van der Waals surface area contributed by atoms with Gasteiger partial charge in [-0.25, -0.2) is 4.79 Å². The van der Waals surface area contributed by atoms with E-state index in [0.29, 0.717) is 12.0 Å². The van der Waals surface area contributed by atoms with Crippen LogP contribution in [0.25, 0.3) is 0 Å². The van der Waals surface area contributed by atoms with Crippen molar-refractivity contribution in [3.63, 3.8) is 0 Å². The minimum Gasteiger partial charge on any atom is -0.463 e. The van der Waals surface area contributed by atoms with E-state index in [2.05, 4.69) is 0 Å². The number of hydrogen-bond acceptors (Lipinski definition) is 4. The lowest BCUT2D eigenvalue weighted by Crippen LogP contribution is -2.24. The van der Waals surface area contributed by atoms with Crippen molar-refractivity contribution in [3.8, 4) is 0 Å². The molecule has 0 bridgehead atoms. The topological polar surface area (TPSA) is 52.6 Å². The second kappa shape index (κ2) is 5.40. The van der Waals surface area contributed by atoms with Crippen LogP contribution in [0.4, 0.5) is 0 Å². The summed E-state index contributed by atoms with van der Waals surface area (Å²) in [5.41, 5.74) is 1.73. The van der Waals surface area contributed by atoms with E-state index < -0.39 is 23.4 Å². The third-order valence-electron chi connectivity index (χ3n) is 2.72. The molecule has 1 unspecified atom stereocenters.